The predicted octanol–water partition coefficient (Wildman–Crippen LogP) is 0.608. The number of aromatic amines is 1. The molecule has 1 heterocycles. The lowest BCUT2D eigenvalue weighted by atomic mass is 10.1. The highest BCUT2D eigenvalue weighted by Crippen LogP contribution is 2.14. The summed E-state index contributed by atoms with van der Waals surface area (Å²) in [6, 6.07) is 7.50. The number of H-pyrrole nitrogens is 1. The second-order valence-electron chi connectivity index (χ2n) is 2.81. The average molecular weight is 188 g/mol. The van der Waals surface area contributed by atoms with Crippen molar-refractivity contribution in [2.24, 2.45) is 0 Å². The summed E-state index contributed by atoms with van der Waals surface area (Å²) >= 11 is 0. The fourth-order valence-corrected chi connectivity index (χ4v) is 1.22. The zero-order valence-corrected chi connectivity index (χ0v) is 7.34. The summed E-state index contributed by atoms with van der Waals surface area (Å²) in [5, 5.41) is 13.6. The van der Waals surface area contributed by atoms with Crippen LogP contribution in [0, 0.1) is 0 Å². The van der Waals surface area contributed by atoms with Crippen molar-refractivity contribution < 1.29 is 4.79 Å². The number of aldehydes is 1. The normalized spacial score (nSPS) is 10.0. The molecule has 1 N–H and O–H groups in total. The fraction of sp³-hybridized carbons (Fsp3) is 0.111. The summed E-state index contributed by atoms with van der Waals surface area (Å²) in [5.41, 5.74) is 1.81. The van der Waals surface area contributed by atoms with Gasteiger partial charge in [-0.15, -0.1) is 10.2 Å². The van der Waals surface area contributed by atoms with Gasteiger partial charge in [0.1, 0.15) is 6.29 Å². The molecule has 0 fully saturated rings. The predicted molar refractivity (Wildman–Crippen MR) is 49.4 cm³/mol. The molecule has 0 atom stereocenters. The van der Waals surface area contributed by atoms with Gasteiger partial charge in [-0.25, -0.2) is 0 Å². The minimum absolute atomic E-state index is 0.408. The van der Waals surface area contributed by atoms with Gasteiger partial charge in [0, 0.05) is 12.0 Å². The largest absolute Gasteiger partial charge is 0.303 e. The summed E-state index contributed by atoms with van der Waals surface area (Å²) < 4.78 is 0. The Bertz CT molecular complexity index is 424. The third-order valence-corrected chi connectivity index (χ3v) is 1.85. The van der Waals surface area contributed by atoms with Gasteiger partial charge in [0.2, 0.25) is 5.82 Å². The zero-order valence-electron chi connectivity index (χ0n) is 7.34. The van der Waals surface area contributed by atoms with Crippen LogP contribution >= 0.6 is 0 Å². The van der Waals surface area contributed by atoms with Crippen LogP contribution in [-0.2, 0) is 11.2 Å². The van der Waals surface area contributed by atoms with Crippen molar-refractivity contribution in [2.45, 2.75) is 6.42 Å². The Balaban J connectivity index is 2.35. The molecule has 0 aliphatic heterocycles. The molecule has 0 aliphatic carbocycles. The van der Waals surface area contributed by atoms with E-state index in [1.165, 1.54) is 0 Å². The van der Waals surface area contributed by atoms with E-state index in [0.29, 0.717) is 12.2 Å². The number of nitrogens with zero attached hydrogens (tertiary/aromatic N) is 3. The van der Waals surface area contributed by atoms with Gasteiger partial charge in [-0.1, -0.05) is 18.2 Å². The SMILES string of the molecule is O=CCc1cccc(-c2nn[nH]n2)c1. The minimum Gasteiger partial charge on any atom is -0.303 e. The van der Waals surface area contributed by atoms with Gasteiger partial charge >= 0.3 is 0 Å². The van der Waals surface area contributed by atoms with Crippen LogP contribution in [0.3, 0.4) is 0 Å². The first-order valence-corrected chi connectivity index (χ1v) is 4.16. The molecule has 0 radical (unpaired) electrons. The fourth-order valence-electron chi connectivity index (χ4n) is 1.22. The van der Waals surface area contributed by atoms with E-state index < -0.39 is 0 Å². The number of hydrogen-bond donors (Lipinski definition) is 1. The van der Waals surface area contributed by atoms with E-state index in [2.05, 4.69) is 20.6 Å². The number of aromatic nitrogens is 4. The number of tetrazole rings is 1. The van der Waals surface area contributed by atoms with Gasteiger partial charge in [-0.3, -0.25) is 0 Å². The molecule has 1 aromatic heterocycles. The van der Waals surface area contributed by atoms with Gasteiger partial charge in [0.15, 0.2) is 0 Å². The van der Waals surface area contributed by atoms with Gasteiger partial charge < -0.3 is 4.79 Å². The van der Waals surface area contributed by atoms with E-state index in [1.54, 1.807) is 0 Å². The molecule has 1 aromatic carbocycles. The number of carbonyl (C=O) groups is 1. The van der Waals surface area contributed by atoms with Crippen molar-refractivity contribution in [3.8, 4) is 11.4 Å². The van der Waals surface area contributed by atoms with Gasteiger partial charge in [-0.05, 0) is 16.8 Å². The van der Waals surface area contributed by atoms with E-state index in [-0.39, 0.29) is 0 Å². The Morgan fingerprint density at radius 3 is 3.07 bits per heavy atom. The lowest BCUT2D eigenvalue weighted by Crippen LogP contribution is -1.87. The highest BCUT2D eigenvalue weighted by molar-refractivity contribution is 5.60. The summed E-state index contributed by atoms with van der Waals surface area (Å²) in [6.07, 6.45) is 1.28. The van der Waals surface area contributed by atoms with Crippen molar-refractivity contribution >= 4 is 6.29 Å². The Morgan fingerprint density at radius 1 is 1.43 bits per heavy atom. The molecule has 5 heteroatoms. The number of benzene rings is 1. The summed E-state index contributed by atoms with van der Waals surface area (Å²) in [6.45, 7) is 0. The maximum atomic E-state index is 10.3. The first-order chi connectivity index (χ1) is 6.90. The summed E-state index contributed by atoms with van der Waals surface area (Å²) in [5.74, 6) is 0.540. The average Bonchev–Trinajstić information content (AvgIpc) is 2.71. The van der Waals surface area contributed by atoms with Crippen LogP contribution < -0.4 is 0 Å². The first kappa shape index (κ1) is 8.55. The minimum atomic E-state index is 0.408. The number of hydrogen-bond acceptors (Lipinski definition) is 4. The van der Waals surface area contributed by atoms with E-state index in [9.17, 15) is 4.79 Å². The Labute approximate surface area is 80.2 Å². The molecule has 0 saturated heterocycles. The number of nitrogens with one attached hydrogen (secondary N) is 1. The van der Waals surface area contributed by atoms with Crippen LogP contribution in [0.15, 0.2) is 24.3 Å². The third-order valence-electron chi connectivity index (χ3n) is 1.85. The third kappa shape index (κ3) is 1.66. The number of carbonyl (C=O) groups excluding carboxylic acids is 1. The highest BCUT2D eigenvalue weighted by Gasteiger charge is 2.02. The van der Waals surface area contributed by atoms with Crippen LogP contribution in [-0.4, -0.2) is 26.9 Å². The molecule has 0 amide bonds. The van der Waals surface area contributed by atoms with Crippen molar-refractivity contribution in [3.05, 3.63) is 29.8 Å². The van der Waals surface area contributed by atoms with Crippen LogP contribution in [0.25, 0.3) is 11.4 Å². The van der Waals surface area contributed by atoms with Gasteiger partial charge in [0.05, 0.1) is 0 Å². The molecule has 0 spiro atoms. The maximum absolute atomic E-state index is 10.3. The molecular formula is C9H8N4O. The first-order valence-electron chi connectivity index (χ1n) is 4.16. The van der Waals surface area contributed by atoms with Gasteiger partial charge in [-0.2, -0.15) is 5.21 Å². The van der Waals surface area contributed by atoms with E-state index in [4.69, 9.17) is 0 Å². The van der Waals surface area contributed by atoms with Crippen molar-refractivity contribution in [1.29, 1.82) is 0 Å². The van der Waals surface area contributed by atoms with Crippen molar-refractivity contribution in [1.82, 2.24) is 20.6 Å². The van der Waals surface area contributed by atoms with Crippen molar-refractivity contribution in [3.63, 3.8) is 0 Å². The molecule has 0 aliphatic rings. The molecule has 2 aromatic rings. The Kier molecular flexibility index (Phi) is 2.31. The lowest BCUT2D eigenvalue weighted by Gasteiger charge is -1.97. The monoisotopic (exact) mass is 188 g/mol. The van der Waals surface area contributed by atoms with Crippen LogP contribution in [0.2, 0.25) is 0 Å². The molecule has 5 nitrogen and oxygen atoms in total. The number of rotatable bonds is 3. The highest BCUT2D eigenvalue weighted by atomic mass is 16.1. The van der Waals surface area contributed by atoms with E-state index in [0.717, 1.165) is 17.4 Å². The lowest BCUT2D eigenvalue weighted by molar-refractivity contribution is -0.107. The van der Waals surface area contributed by atoms with Crippen LogP contribution in [0.1, 0.15) is 5.56 Å². The molecule has 0 saturated carbocycles. The molecule has 2 rings (SSSR count). The standard InChI is InChI=1S/C9H8N4O/c14-5-4-7-2-1-3-8(6-7)9-10-12-13-11-9/h1-3,5-6H,4H2,(H,10,11,12,13). The smallest absolute Gasteiger partial charge is 0.204 e. The van der Waals surface area contributed by atoms with Crippen LogP contribution in [0.5, 0.6) is 0 Å². The zero-order chi connectivity index (χ0) is 9.80. The molecule has 14 heavy (non-hydrogen) atoms. The molecule has 0 unspecified atom stereocenters. The van der Waals surface area contributed by atoms with E-state index in [1.807, 2.05) is 24.3 Å². The van der Waals surface area contributed by atoms with Gasteiger partial charge in [0.25, 0.3) is 0 Å². The van der Waals surface area contributed by atoms with Crippen molar-refractivity contribution in [2.75, 3.05) is 0 Å². The summed E-state index contributed by atoms with van der Waals surface area (Å²) in [4.78, 5) is 10.3. The molecule has 0 bridgehead atoms. The molecular weight excluding hydrogens is 180 g/mol. The topological polar surface area (TPSA) is 71.5 Å². The second-order valence-corrected chi connectivity index (χ2v) is 2.81. The molecule has 70 valence electrons. The Hall–Kier alpha value is -2.04. The quantitative estimate of drug-likeness (QED) is 0.716. The summed E-state index contributed by atoms with van der Waals surface area (Å²) in [7, 11) is 0. The van der Waals surface area contributed by atoms with Crippen LogP contribution in [0.4, 0.5) is 0 Å². The van der Waals surface area contributed by atoms with E-state index >= 15 is 0 Å². The maximum Gasteiger partial charge on any atom is 0.204 e. The Morgan fingerprint density at radius 2 is 2.36 bits per heavy atom. The second kappa shape index (κ2) is 3.78.